The number of ether oxygens (including phenoxy) is 1. The molecule has 0 saturated carbocycles. The van der Waals surface area contributed by atoms with Gasteiger partial charge in [-0.25, -0.2) is 9.78 Å². The van der Waals surface area contributed by atoms with Gasteiger partial charge in [-0.3, -0.25) is 9.67 Å². The van der Waals surface area contributed by atoms with Gasteiger partial charge < -0.3 is 9.64 Å². The van der Waals surface area contributed by atoms with E-state index in [1.165, 1.54) is 6.20 Å². The van der Waals surface area contributed by atoms with E-state index in [9.17, 15) is 26.4 Å². The van der Waals surface area contributed by atoms with Crippen LogP contribution in [0.5, 0.6) is 0 Å². The molecule has 13 nitrogen and oxygen atoms in total. The number of carbonyl (C=O) groups excluding carboxylic acids is 1. The number of alkyl halides is 3. The molecular formula is C26H26F3N9O4S. The fraction of sp³-hybridized carbons (Fsp3) is 0.385. The zero-order valence-electron chi connectivity index (χ0n) is 23.2. The highest BCUT2D eigenvalue weighted by Gasteiger charge is 2.34. The molecule has 5 aromatic heterocycles. The minimum atomic E-state index is -4.78. The molecule has 1 saturated heterocycles. The van der Waals surface area contributed by atoms with Gasteiger partial charge in [-0.05, 0) is 51.8 Å². The molecule has 0 aliphatic carbocycles. The molecule has 0 N–H and O–H groups in total. The van der Waals surface area contributed by atoms with Crippen LogP contribution in [0.4, 0.5) is 18.0 Å². The molecule has 17 heteroatoms. The topological polar surface area (TPSA) is 142 Å². The van der Waals surface area contributed by atoms with Gasteiger partial charge in [0.2, 0.25) is 0 Å². The molecule has 0 aromatic carbocycles. The van der Waals surface area contributed by atoms with Crippen molar-refractivity contribution in [3.05, 3.63) is 54.9 Å². The molecule has 43 heavy (non-hydrogen) atoms. The second-order valence-electron chi connectivity index (χ2n) is 11.1. The smallest absolute Gasteiger partial charge is 0.435 e. The average molecular weight is 618 g/mol. The Morgan fingerprint density at radius 2 is 1.72 bits per heavy atom. The number of carbonyl (C=O) groups is 1. The van der Waals surface area contributed by atoms with E-state index in [1.807, 2.05) is 31.6 Å². The van der Waals surface area contributed by atoms with Crippen molar-refractivity contribution < 1.29 is 31.1 Å². The van der Waals surface area contributed by atoms with Crippen LogP contribution >= 0.6 is 0 Å². The molecule has 6 heterocycles. The van der Waals surface area contributed by atoms with E-state index < -0.39 is 32.5 Å². The zero-order valence-corrected chi connectivity index (χ0v) is 24.0. The van der Waals surface area contributed by atoms with Crippen molar-refractivity contribution in [1.82, 2.24) is 43.4 Å². The van der Waals surface area contributed by atoms with Crippen LogP contribution in [0.2, 0.25) is 0 Å². The van der Waals surface area contributed by atoms with Crippen LogP contribution in [0.15, 0.2) is 54.2 Å². The monoisotopic (exact) mass is 617 g/mol. The second kappa shape index (κ2) is 10.0. The summed E-state index contributed by atoms with van der Waals surface area (Å²) >= 11 is 0. The number of pyridine rings is 1. The number of halogens is 3. The molecule has 0 bridgehead atoms. The van der Waals surface area contributed by atoms with Crippen molar-refractivity contribution in [2.75, 3.05) is 13.1 Å². The first-order chi connectivity index (χ1) is 20.2. The van der Waals surface area contributed by atoms with Crippen molar-refractivity contribution in [3.63, 3.8) is 0 Å². The molecule has 6 rings (SSSR count). The highest BCUT2D eigenvalue weighted by molar-refractivity contribution is 7.90. The summed E-state index contributed by atoms with van der Waals surface area (Å²) in [4.78, 5) is 22.3. The van der Waals surface area contributed by atoms with Crippen molar-refractivity contribution in [1.29, 1.82) is 0 Å². The van der Waals surface area contributed by atoms with E-state index in [2.05, 4.69) is 25.3 Å². The van der Waals surface area contributed by atoms with Crippen molar-refractivity contribution in [3.8, 4) is 11.1 Å². The van der Waals surface area contributed by atoms with Crippen molar-refractivity contribution >= 4 is 32.8 Å². The SMILES string of the molecule is CC(C)(C)OC(=O)N1CCC(n2cc(-c3cnc4cnn(S(=O)(=O)c5cnc6ccc(C(F)(F)F)nn56)c4c3)cn2)CC1. The number of nitrogens with zero attached hydrogens (tertiary/aromatic N) is 9. The van der Waals surface area contributed by atoms with E-state index in [4.69, 9.17) is 4.74 Å². The van der Waals surface area contributed by atoms with Gasteiger partial charge in [0.25, 0.3) is 0 Å². The van der Waals surface area contributed by atoms with Gasteiger partial charge in [-0.1, -0.05) is 0 Å². The molecular weight excluding hydrogens is 591 g/mol. The van der Waals surface area contributed by atoms with Crippen molar-refractivity contribution in [2.24, 2.45) is 0 Å². The zero-order chi connectivity index (χ0) is 30.7. The molecule has 1 amide bonds. The van der Waals surface area contributed by atoms with Gasteiger partial charge in [-0.2, -0.15) is 45.5 Å². The van der Waals surface area contributed by atoms with Crippen LogP contribution < -0.4 is 0 Å². The standard InChI is InChI=1S/C26H26F3N9O4S/c1-25(2,3)42-24(39)35-8-6-18(7-9-35)36-15-17(12-32-36)16-10-20-19(30-11-16)13-33-38(20)43(40,41)23-14-31-22-5-4-21(26(27,28)29)34-37(22)23/h4-5,10-15,18H,6-9H2,1-3H3. The van der Waals surface area contributed by atoms with Gasteiger partial charge in [0.1, 0.15) is 16.6 Å². The molecule has 0 radical (unpaired) electrons. The van der Waals surface area contributed by atoms with E-state index in [-0.39, 0.29) is 28.8 Å². The maximum atomic E-state index is 13.6. The Balaban J connectivity index is 1.26. The van der Waals surface area contributed by atoms with Crippen molar-refractivity contribution in [2.45, 2.75) is 56.5 Å². The molecule has 0 spiro atoms. The van der Waals surface area contributed by atoms with Gasteiger partial charge >= 0.3 is 22.3 Å². The highest BCUT2D eigenvalue weighted by Crippen LogP contribution is 2.30. The van der Waals surface area contributed by atoms with Crippen LogP contribution in [0.25, 0.3) is 27.8 Å². The third-order valence-corrected chi connectivity index (χ3v) is 8.48. The lowest BCUT2D eigenvalue weighted by molar-refractivity contribution is -0.142. The summed E-state index contributed by atoms with van der Waals surface area (Å²) in [6.07, 6.45) is 3.40. The molecule has 0 unspecified atom stereocenters. The lowest BCUT2D eigenvalue weighted by Crippen LogP contribution is -2.42. The number of likely N-dealkylation sites (tertiary alicyclic amines) is 1. The maximum absolute atomic E-state index is 13.6. The number of piperidine rings is 1. The molecule has 1 fully saturated rings. The third kappa shape index (κ3) is 5.39. The summed E-state index contributed by atoms with van der Waals surface area (Å²) in [6, 6.07) is 3.37. The number of fused-ring (bicyclic) bond motifs is 2. The van der Waals surface area contributed by atoms with E-state index in [0.29, 0.717) is 45.7 Å². The number of amides is 1. The quantitative estimate of drug-likeness (QED) is 0.290. The Kier molecular flexibility index (Phi) is 6.67. The van der Waals surface area contributed by atoms with Crippen LogP contribution in [0.1, 0.15) is 45.3 Å². The Labute approximate surface area is 242 Å². The molecule has 1 aliphatic heterocycles. The maximum Gasteiger partial charge on any atom is 0.435 e. The first-order valence-corrected chi connectivity index (χ1v) is 14.7. The molecule has 5 aromatic rings. The third-order valence-electron chi connectivity index (χ3n) is 6.93. The summed E-state index contributed by atoms with van der Waals surface area (Å²) in [6.45, 7) is 6.49. The Morgan fingerprint density at radius 1 is 0.977 bits per heavy atom. The fourth-order valence-electron chi connectivity index (χ4n) is 4.83. The normalized spacial score (nSPS) is 15.4. The summed E-state index contributed by atoms with van der Waals surface area (Å²) in [7, 11) is -4.53. The number of rotatable bonds is 4. The van der Waals surface area contributed by atoms with Gasteiger partial charge in [0, 0.05) is 36.6 Å². The van der Waals surface area contributed by atoms with Crippen LogP contribution in [-0.4, -0.2) is 76.6 Å². The molecule has 0 atom stereocenters. The summed E-state index contributed by atoms with van der Waals surface area (Å²) in [5.41, 5.74) is -0.334. The lowest BCUT2D eigenvalue weighted by Gasteiger charge is -2.33. The minimum Gasteiger partial charge on any atom is -0.444 e. The minimum absolute atomic E-state index is 0.0410. The van der Waals surface area contributed by atoms with Crippen LogP contribution in [0, 0.1) is 0 Å². The number of hydrogen-bond acceptors (Lipinski definition) is 9. The van der Waals surface area contributed by atoms with Gasteiger partial charge in [-0.15, -0.1) is 0 Å². The highest BCUT2D eigenvalue weighted by atomic mass is 32.2. The van der Waals surface area contributed by atoms with E-state index >= 15 is 0 Å². The fourth-order valence-corrected chi connectivity index (χ4v) is 6.12. The van der Waals surface area contributed by atoms with Gasteiger partial charge in [0.15, 0.2) is 16.4 Å². The summed E-state index contributed by atoms with van der Waals surface area (Å²) < 4.78 is 75.6. The molecule has 1 aliphatic rings. The predicted octanol–water partition coefficient (Wildman–Crippen LogP) is 4.17. The predicted molar refractivity (Wildman–Crippen MR) is 145 cm³/mol. The van der Waals surface area contributed by atoms with E-state index in [0.717, 1.165) is 18.3 Å². The van der Waals surface area contributed by atoms with Crippen LogP contribution in [-0.2, 0) is 20.9 Å². The first-order valence-electron chi connectivity index (χ1n) is 13.2. The summed E-state index contributed by atoms with van der Waals surface area (Å²) in [5.74, 6) is 0. The number of aromatic nitrogens is 8. The Hall–Kier alpha value is -4.54. The van der Waals surface area contributed by atoms with Gasteiger partial charge in [0.05, 0.1) is 24.6 Å². The number of hydrogen-bond donors (Lipinski definition) is 0. The summed E-state index contributed by atoms with van der Waals surface area (Å²) in [5, 5.41) is 11.3. The molecule has 226 valence electrons. The largest absolute Gasteiger partial charge is 0.444 e. The Bertz CT molecular complexity index is 1950. The number of imidazole rings is 1. The Morgan fingerprint density at radius 3 is 2.42 bits per heavy atom. The van der Waals surface area contributed by atoms with Crippen LogP contribution in [0.3, 0.4) is 0 Å². The lowest BCUT2D eigenvalue weighted by atomic mass is 10.1. The van der Waals surface area contributed by atoms with E-state index in [1.54, 1.807) is 23.4 Å². The first kappa shape index (κ1) is 28.6. The second-order valence-corrected chi connectivity index (χ2v) is 12.8. The average Bonchev–Trinajstić information content (AvgIpc) is 3.69.